The van der Waals surface area contributed by atoms with Gasteiger partial charge in [-0.15, -0.1) is 0 Å². The van der Waals surface area contributed by atoms with Crippen molar-refractivity contribution >= 4 is 5.84 Å². The number of amidine groups is 1. The molecule has 0 saturated heterocycles. The third-order valence-electron chi connectivity index (χ3n) is 3.48. The second-order valence-electron chi connectivity index (χ2n) is 5.18. The zero-order valence-corrected chi connectivity index (χ0v) is 12.1. The molecule has 4 N–H and O–H groups in total. The summed E-state index contributed by atoms with van der Waals surface area (Å²) in [5, 5.41) is 5.22. The van der Waals surface area contributed by atoms with Crippen LogP contribution in [0.1, 0.15) is 12.5 Å². The van der Waals surface area contributed by atoms with Crippen molar-refractivity contribution in [2.75, 3.05) is 6.54 Å². The molecule has 2 aliphatic heterocycles. The van der Waals surface area contributed by atoms with Crippen molar-refractivity contribution in [3.63, 3.8) is 0 Å². The van der Waals surface area contributed by atoms with Gasteiger partial charge in [-0.25, -0.2) is 15.4 Å². The lowest BCUT2D eigenvalue weighted by Crippen LogP contribution is -2.40. The standard InChI is InChI=1S/C14H18N6O/c1-9-6-17-20-12(5-11(15)18-14(9)20)16-7-10-3-4-13(21)19(2)8-10/h3-5,8,16-17H,6-7H2,1-2H3,(H2,15,18). The summed E-state index contributed by atoms with van der Waals surface area (Å²) in [7, 11) is 1.74. The van der Waals surface area contributed by atoms with Crippen molar-refractivity contribution in [1.82, 2.24) is 20.3 Å². The van der Waals surface area contributed by atoms with Gasteiger partial charge in [-0.1, -0.05) is 6.07 Å². The molecule has 3 heterocycles. The first-order chi connectivity index (χ1) is 10.0. The number of aliphatic imine (C=N–C) groups is 1. The molecule has 0 unspecified atom stereocenters. The maximum atomic E-state index is 11.4. The van der Waals surface area contributed by atoms with E-state index in [1.54, 1.807) is 23.8 Å². The fraction of sp³-hybridized carbons (Fsp3) is 0.286. The third kappa shape index (κ3) is 2.55. The van der Waals surface area contributed by atoms with E-state index in [2.05, 4.69) is 15.7 Å². The summed E-state index contributed by atoms with van der Waals surface area (Å²) in [5.41, 5.74) is 11.2. The maximum absolute atomic E-state index is 11.4. The maximum Gasteiger partial charge on any atom is 0.250 e. The monoisotopic (exact) mass is 286 g/mol. The van der Waals surface area contributed by atoms with E-state index in [0.29, 0.717) is 12.4 Å². The first-order valence-electron chi connectivity index (χ1n) is 6.73. The van der Waals surface area contributed by atoms with Gasteiger partial charge in [0.2, 0.25) is 5.56 Å². The topological polar surface area (TPSA) is 87.7 Å². The molecule has 0 amide bonds. The molecule has 0 aromatic carbocycles. The second kappa shape index (κ2) is 5.10. The van der Waals surface area contributed by atoms with E-state index < -0.39 is 0 Å². The molecule has 0 fully saturated rings. The Labute approximate surface area is 122 Å². The Kier molecular flexibility index (Phi) is 3.26. The number of nitrogens with zero attached hydrogens (tertiary/aromatic N) is 3. The van der Waals surface area contributed by atoms with Gasteiger partial charge >= 0.3 is 0 Å². The van der Waals surface area contributed by atoms with E-state index >= 15 is 0 Å². The molecule has 0 spiro atoms. The van der Waals surface area contributed by atoms with Crippen LogP contribution >= 0.6 is 0 Å². The molecule has 21 heavy (non-hydrogen) atoms. The van der Waals surface area contributed by atoms with Crippen LogP contribution in [0.25, 0.3) is 0 Å². The first-order valence-corrected chi connectivity index (χ1v) is 6.73. The Hall–Kier alpha value is -2.54. The average molecular weight is 286 g/mol. The van der Waals surface area contributed by atoms with Crippen molar-refractivity contribution < 1.29 is 0 Å². The number of rotatable bonds is 3. The first kappa shape index (κ1) is 13.4. The minimum atomic E-state index is -0.0194. The van der Waals surface area contributed by atoms with Gasteiger partial charge in [0, 0.05) is 38.5 Å². The van der Waals surface area contributed by atoms with Gasteiger partial charge < -0.3 is 15.6 Å². The molecule has 0 atom stereocenters. The summed E-state index contributed by atoms with van der Waals surface area (Å²) in [6.07, 6.45) is 3.60. The second-order valence-corrected chi connectivity index (χ2v) is 5.18. The highest BCUT2D eigenvalue weighted by Gasteiger charge is 2.25. The van der Waals surface area contributed by atoms with E-state index in [-0.39, 0.29) is 5.56 Å². The fourth-order valence-electron chi connectivity index (χ4n) is 2.32. The van der Waals surface area contributed by atoms with E-state index in [4.69, 9.17) is 5.73 Å². The Balaban J connectivity index is 1.77. The highest BCUT2D eigenvalue weighted by atomic mass is 16.1. The van der Waals surface area contributed by atoms with Crippen LogP contribution < -0.4 is 22.0 Å². The van der Waals surface area contributed by atoms with Crippen LogP contribution in [0.15, 0.2) is 51.4 Å². The molecule has 2 aliphatic rings. The lowest BCUT2D eigenvalue weighted by atomic mass is 10.2. The summed E-state index contributed by atoms with van der Waals surface area (Å²) < 4.78 is 1.56. The molecular weight excluding hydrogens is 268 g/mol. The lowest BCUT2D eigenvalue weighted by molar-refractivity contribution is 0.322. The largest absolute Gasteiger partial charge is 0.384 e. The molecular formula is C14H18N6O. The quantitative estimate of drug-likeness (QED) is 0.712. The van der Waals surface area contributed by atoms with Crippen molar-refractivity contribution in [3.8, 4) is 0 Å². The molecule has 7 nitrogen and oxygen atoms in total. The predicted octanol–water partition coefficient (Wildman–Crippen LogP) is -0.261. The van der Waals surface area contributed by atoms with Crippen LogP contribution in [0.4, 0.5) is 0 Å². The third-order valence-corrected chi connectivity index (χ3v) is 3.48. The number of nitrogens with two attached hydrogens (primary N) is 1. The number of hydrogen-bond donors (Lipinski definition) is 3. The van der Waals surface area contributed by atoms with Gasteiger partial charge in [0.25, 0.3) is 0 Å². The number of fused-ring (bicyclic) bond motifs is 1. The number of hydrogen-bond acceptors (Lipinski definition) is 6. The van der Waals surface area contributed by atoms with Crippen LogP contribution in [0, 0.1) is 0 Å². The van der Waals surface area contributed by atoms with Crippen LogP contribution in [0.2, 0.25) is 0 Å². The Morgan fingerprint density at radius 2 is 2.29 bits per heavy atom. The summed E-state index contributed by atoms with van der Waals surface area (Å²) in [5.74, 6) is 2.17. The lowest BCUT2D eigenvalue weighted by Gasteiger charge is -2.27. The summed E-state index contributed by atoms with van der Waals surface area (Å²) in [6.45, 7) is 3.37. The Morgan fingerprint density at radius 3 is 3.05 bits per heavy atom. The molecule has 0 aliphatic carbocycles. The number of pyridine rings is 1. The van der Waals surface area contributed by atoms with Crippen LogP contribution in [0.5, 0.6) is 0 Å². The van der Waals surface area contributed by atoms with Crippen molar-refractivity contribution in [1.29, 1.82) is 0 Å². The molecule has 0 radical (unpaired) electrons. The number of nitrogens with one attached hydrogen (secondary N) is 2. The highest BCUT2D eigenvalue weighted by Crippen LogP contribution is 2.22. The number of aryl methyl sites for hydroxylation is 1. The van der Waals surface area contributed by atoms with E-state index in [1.165, 1.54) is 0 Å². The molecule has 110 valence electrons. The smallest absolute Gasteiger partial charge is 0.250 e. The Bertz CT molecular complexity index is 727. The molecule has 3 rings (SSSR count). The zero-order valence-electron chi connectivity index (χ0n) is 12.1. The van der Waals surface area contributed by atoms with Gasteiger partial charge in [0.05, 0.1) is 0 Å². The van der Waals surface area contributed by atoms with Crippen molar-refractivity contribution in [2.45, 2.75) is 13.5 Å². The normalized spacial score (nSPS) is 17.5. The van der Waals surface area contributed by atoms with Crippen molar-refractivity contribution in [2.24, 2.45) is 17.8 Å². The van der Waals surface area contributed by atoms with Crippen molar-refractivity contribution in [3.05, 3.63) is 57.5 Å². The van der Waals surface area contributed by atoms with Gasteiger partial charge in [-0.3, -0.25) is 4.79 Å². The minimum Gasteiger partial charge on any atom is -0.384 e. The summed E-state index contributed by atoms with van der Waals surface area (Å²) in [4.78, 5) is 15.7. The van der Waals surface area contributed by atoms with Gasteiger partial charge in [-0.2, -0.15) is 0 Å². The number of hydrazine groups is 1. The Morgan fingerprint density at radius 1 is 1.48 bits per heavy atom. The minimum absolute atomic E-state index is 0.0194. The molecule has 1 aromatic rings. The van der Waals surface area contributed by atoms with Crippen LogP contribution in [-0.4, -0.2) is 22.0 Å². The average Bonchev–Trinajstić information content (AvgIpc) is 2.81. The van der Waals surface area contributed by atoms with Crippen LogP contribution in [-0.2, 0) is 13.6 Å². The fourth-order valence-corrected chi connectivity index (χ4v) is 2.32. The molecule has 0 saturated carbocycles. The molecule has 0 bridgehead atoms. The molecule has 1 aromatic heterocycles. The predicted molar refractivity (Wildman–Crippen MR) is 80.8 cm³/mol. The zero-order chi connectivity index (χ0) is 15.0. The van der Waals surface area contributed by atoms with Gasteiger partial charge in [0.15, 0.2) is 5.82 Å². The number of aromatic nitrogens is 1. The van der Waals surface area contributed by atoms with E-state index in [9.17, 15) is 4.79 Å². The highest BCUT2D eigenvalue weighted by molar-refractivity contribution is 5.93. The van der Waals surface area contributed by atoms with E-state index in [1.807, 2.05) is 24.2 Å². The van der Waals surface area contributed by atoms with Gasteiger partial charge in [-0.05, 0) is 18.1 Å². The van der Waals surface area contributed by atoms with Crippen LogP contribution in [0.3, 0.4) is 0 Å². The van der Waals surface area contributed by atoms with Gasteiger partial charge in [0.1, 0.15) is 11.7 Å². The SMILES string of the molecule is CC1=C2N=C(N)C=C(NCc3ccc(=O)n(C)c3)N2NC1. The summed E-state index contributed by atoms with van der Waals surface area (Å²) >= 11 is 0. The van der Waals surface area contributed by atoms with E-state index in [0.717, 1.165) is 29.3 Å². The molecule has 7 heteroatoms. The summed E-state index contributed by atoms with van der Waals surface area (Å²) in [6, 6.07) is 3.38.